The van der Waals surface area contributed by atoms with Gasteiger partial charge in [-0.3, -0.25) is 4.79 Å². The molecule has 0 spiro atoms. The van der Waals surface area contributed by atoms with Crippen LogP contribution in [0.5, 0.6) is 0 Å². The maximum atomic E-state index is 11.0. The topological polar surface area (TPSA) is 77.2 Å². The van der Waals surface area contributed by atoms with Crippen molar-refractivity contribution < 1.29 is 13.2 Å². The quantitative estimate of drug-likeness (QED) is 0.674. The zero-order chi connectivity index (χ0) is 12.9. The highest BCUT2D eigenvalue weighted by Gasteiger charge is 2.09. The molecule has 0 saturated carbocycles. The van der Waals surface area contributed by atoms with Gasteiger partial charge < -0.3 is 0 Å². The van der Waals surface area contributed by atoms with Gasteiger partial charge in [0.2, 0.25) is 10.0 Å². The van der Waals surface area contributed by atoms with Crippen LogP contribution < -0.4 is 5.14 Å². The van der Waals surface area contributed by atoms with Gasteiger partial charge in [-0.1, -0.05) is 23.6 Å². The Morgan fingerprint density at radius 3 is 2.76 bits per heavy atom. The first-order valence-corrected chi connectivity index (χ1v) is 7.99. The lowest BCUT2D eigenvalue weighted by Crippen LogP contribution is -2.09. The lowest BCUT2D eigenvalue weighted by molar-refractivity contribution is -0.109. The van der Waals surface area contributed by atoms with E-state index in [9.17, 15) is 13.2 Å². The summed E-state index contributed by atoms with van der Waals surface area (Å²) in [7, 11) is -3.63. The first-order chi connectivity index (χ1) is 7.89. The van der Waals surface area contributed by atoms with Gasteiger partial charge in [-0.05, 0) is 12.1 Å². The summed E-state index contributed by atoms with van der Waals surface area (Å²) < 4.78 is 22.1. The Balaban J connectivity index is 2.56. The molecule has 0 fully saturated rings. The summed E-state index contributed by atoms with van der Waals surface area (Å²) in [4.78, 5) is 11.3. The first kappa shape index (κ1) is 14.3. The molecule has 1 rings (SSSR count). The van der Waals surface area contributed by atoms with Gasteiger partial charge in [0.1, 0.15) is 4.21 Å². The summed E-state index contributed by atoms with van der Waals surface area (Å²) in [5.41, 5.74) is 0. The average molecular weight is 289 g/mol. The van der Waals surface area contributed by atoms with Crippen LogP contribution >= 0.6 is 23.1 Å². The number of carbonyl (C=O) groups excluding carboxylic acids is 1. The van der Waals surface area contributed by atoms with Crippen molar-refractivity contribution in [3.8, 4) is 11.8 Å². The lowest BCUT2D eigenvalue weighted by Gasteiger charge is -1.88. The molecule has 0 aliphatic heterocycles. The summed E-state index contributed by atoms with van der Waals surface area (Å²) in [6.45, 7) is 1.51. The number of sulfonamides is 1. The van der Waals surface area contributed by atoms with E-state index in [0.29, 0.717) is 17.1 Å². The Hall–Kier alpha value is -0.810. The van der Waals surface area contributed by atoms with Crippen LogP contribution in [0.1, 0.15) is 18.2 Å². The molecule has 0 aliphatic carbocycles. The minimum atomic E-state index is -3.63. The molecule has 92 valence electrons. The molecule has 17 heavy (non-hydrogen) atoms. The molecule has 1 aromatic rings. The standard InChI is InChI=1S/C10H11NO3S3/c1-8(12)15-7-3-2-4-9-5-6-10(16-9)17(11,13)14/h5-6H,3,7H2,1H3,(H2,11,13,14). The molecule has 4 nitrogen and oxygen atoms in total. The first-order valence-electron chi connectivity index (χ1n) is 4.64. The number of hydrogen-bond donors (Lipinski definition) is 1. The Kier molecular flexibility index (Phi) is 5.21. The van der Waals surface area contributed by atoms with E-state index in [2.05, 4.69) is 11.8 Å². The zero-order valence-electron chi connectivity index (χ0n) is 9.10. The highest BCUT2D eigenvalue weighted by Crippen LogP contribution is 2.19. The van der Waals surface area contributed by atoms with Crippen molar-refractivity contribution in [1.82, 2.24) is 0 Å². The second kappa shape index (κ2) is 6.21. The van der Waals surface area contributed by atoms with E-state index in [1.54, 1.807) is 6.07 Å². The van der Waals surface area contributed by atoms with Crippen LogP contribution in [0.4, 0.5) is 0 Å². The van der Waals surface area contributed by atoms with Gasteiger partial charge in [0.05, 0.1) is 4.88 Å². The Bertz CT molecular complexity index is 563. The third-order valence-electron chi connectivity index (χ3n) is 1.61. The van der Waals surface area contributed by atoms with Gasteiger partial charge in [-0.25, -0.2) is 13.6 Å². The number of thioether (sulfide) groups is 1. The van der Waals surface area contributed by atoms with Gasteiger partial charge >= 0.3 is 0 Å². The highest BCUT2D eigenvalue weighted by molar-refractivity contribution is 8.13. The van der Waals surface area contributed by atoms with E-state index >= 15 is 0 Å². The van der Waals surface area contributed by atoms with Crippen LogP contribution in [0.2, 0.25) is 0 Å². The Morgan fingerprint density at radius 2 is 2.24 bits per heavy atom. The van der Waals surface area contributed by atoms with Gasteiger partial charge in [-0.2, -0.15) is 0 Å². The number of rotatable bonds is 3. The summed E-state index contributed by atoms with van der Waals surface area (Å²) in [6, 6.07) is 3.06. The molecule has 1 aromatic heterocycles. The molecule has 0 amide bonds. The second-order valence-electron chi connectivity index (χ2n) is 3.06. The fourth-order valence-electron chi connectivity index (χ4n) is 0.936. The molecule has 0 aromatic carbocycles. The summed E-state index contributed by atoms with van der Waals surface area (Å²) in [5.74, 6) is 6.36. The minimum absolute atomic E-state index is 0.0689. The second-order valence-corrected chi connectivity index (χ2v) is 7.20. The van der Waals surface area contributed by atoms with Gasteiger partial charge in [-0.15, -0.1) is 11.3 Å². The molecule has 0 aliphatic rings. The van der Waals surface area contributed by atoms with Crippen LogP contribution in [0.3, 0.4) is 0 Å². The fraction of sp³-hybridized carbons (Fsp3) is 0.300. The van der Waals surface area contributed by atoms with E-state index in [1.807, 2.05) is 0 Å². The Labute approximate surface area is 109 Å². The van der Waals surface area contributed by atoms with Crippen LogP contribution in [-0.4, -0.2) is 19.3 Å². The molecule has 7 heteroatoms. The number of nitrogens with two attached hydrogens (primary N) is 1. The number of primary sulfonamides is 1. The van der Waals surface area contributed by atoms with Crippen molar-refractivity contribution in [2.45, 2.75) is 17.6 Å². The molecule has 1 heterocycles. The average Bonchev–Trinajstić information content (AvgIpc) is 2.64. The number of hydrogen-bond acceptors (Lipinski definition) is 5. The largest absolute Gasteiger partial charge is 0.288 e. The summed E-state index contributed by atoms with van der Waals surface area (Å²) >= 11 is 2.27. The molecule has 2 N–H and O–H groups in total. The predicted molar refractivity (Wildman–Crippen MR) is 70.3 cm³/mol. The SMILES string of the molecule is CC(=O)SCCC#Cc1ccc(S(N)(=O)=O)s1. The molecule has 0 radical (unpaired) electrons. The van der Waals surface area contributed by atoms with Crippen molar-refractivity contribution in [3.63, 3.8) is 0 Å². The van der Waals surface area contributed by atoms with Gasteiger partial charge in [0, 0.05) is 19.1 Å². The van der Waals surface area contributed by atoms with Crippen molar-refractivity contribution in [2.24, 2.45) is 5.14 Å². The van der Waals surface area contributed by atoms with E-state index in [1.165, 1.54) is 24.8 Å². The minimum Gasteiger partial charge on any atom is -0.288 e. The normalized spacial score (nSPS) is 10.7. The van der Waals surface area contributed by atoms with Gasteiger partial charge in [0.15, 0.2) is 5.12 Å². The van der Waals surface area contributed by atoms with Crippen molar-refractivity contribution in [3.05, 3.63) is 17.0 Å². The van der Waals surface area contributed by atoms with Crippen LogP contribution in [0, 0.1) is 11.8 Å². The monoisotopic (exact) mass is 289 g/mol. The van der Waals surface area contributed by atoms with E-state index in [0.717, 1.165) is 11.3 Å². The van der Waals surface area contributed by atoms with E-state index in [-0.39, 0.29) is 9.32 Å². The third-order valence-corrected chi connectivity index (χ3v) is 4.86. The highest BCUT2D eigenvalue weighted by atomic mass is 32.2. The lowest BCUT2D eigenvalue weighted by atomic mass is 10.4. The van der Waals surface area contributed by atoms with Gasteiger partial charge in [0.25, 0.3) is 0 Å². The Morgan fingerprint density at radius 1 is 1.53 bits per heavy atom. The smallest absolute Gasteiger partial charge is 0.247 e. The van der Waals surface area contributed by atoms with Crippen molar-refractivity contribution >= 4 is 38.2 Å². The molecular formula is C10H11NO3S3. The molecule has 0 bridgehead atoms. The number of carbonyl (C=O) groups is 1. The summed E-state index contributed by atoms with van der Waals surface area (Å²) in [5, 5.41) is 5.04. The molecule has 0 unspecified atom stereocenters. The fourth-order valence-corrected chi connectivity index (χ4v) is 3.03. The maximum absolute atomic E-state index is 11.0. The molecule has 0 atom stereocenters. The van der Waals surface area contributed by atoms with Crippen LogP contribution in [0.15, 0.2) is 16.3 Å². The maximum Gasteiger partial charge on any atom is 0.247 e. The molecular weight excluding hydrogens is 278 g/mol. The van der Waals surface area contributed by atoms with E-state index < -0.39 is 10.0 Å². The van der Waals surface area contributed by atoms with Crippen LogP contribution in [-0.2, 0) is 14.8 Å². The van der Waals surface area contributed by atoms with Crippen molar-refractivity contribution in [1.29, 1.82) is 0 Å². The van der Waals surface area contributed by atoms with Crippen molar-refractivity contribution in [2.75, 3.05) is 5.75 Å². The van der Waals surface area contributed by atoms with Crippen LogP contribution in [0.25, 0.3) is 0 Å². The number of thiophene rings is 1. The predicted octanol–water partition coefficient (Wildman–Crippen LogP) is 1.42. The summed E-state index contributed by atoms with van der Waals surface area (Å²) in [6.07, 6.45) is 0.590. The zero-order valence-corrected chi connectivity index (χ0v) is 11.5. The van der Waals surface area contributed by atoms with E-state index in [4.69, 9.17) is 5.14 Å². The molecule has 0 saturated heterocycles. The third kappa shape index (κ3) is 5.37.